The van der Waals surface area contributed by atoms with Crippen LogP contribution in [-0.2, 0) is 9.53 Å². The van der Waals surface area contributed by atoms with Gasteiger partial charge in [0.2, 0.25) is 0 Å². The first-order valence-electron chi connectivity index (χ1n) is 3.08. The Balaban J connectivity index is 0. The lowest BCUT2D eigenvalue weighted by atomic mass is 10.3. The Morgan fingerprint density at radius 2 is 2.20 bits per heavy atom. The molecule has 0 rings (SSSR count). The van der Waals surface area contributed by atoms with Crippen molar-refractivity contribution in [2.75, 3.05) is 6.61 Å². The average Bonchev–Trinajstić information content (AvgIpc) is 1.63. The molecule has 0 aliphatic carbocycles. The number of nitrogens with two attached hydrogens (primary N) is 1. The molecule has 4 heteroatoms. The zero-order chi connectivity index (χ0) is 7.28. The van der Waals surface area contributed by atoms with Crippen molar-refractivity contribution in [1.82, 2.24) is 0 Å². The average molecular weight is 168 g/mol. The van der Waals surface area contributed by atoms with Gasteiger partial charge in [-0.05, 0) is 13.8 Å². The van der Waals surface area contributed by atoms with E-state index in [0.717, 1.165) is 0 Å². The van der Waals surface area contributed by atoms with Crippen LogP contribution in [0.2, 0.25) is 0 Å². The van der Waals surface area contributed by atoms with E-state index < -0.39 is 0 Å². The van der Waals surface area contributed by atoms with Gasteiger partial charge in [-0.3, -0.25) is 4.79 Å². The van der Waals surface area contributed by atoms with Gasteiger partial charge in [0.05, 0.1) is 13.0 Å². The van der Waals surface area contributed by atoms with Crippen LogP contribution in [0, 0.1) is 0 Å². The third-order valence-corrected chi connectivity index (χ3v) is 0.794. The number of halogens is 1. The monoisotopic (exact) mass is 167 g/mol. The normalized spacial score (nSPS) is 11.5. The topological polar surface area (TPSA) is 52.3 Å². The van der Waals surface area contributed by atoms with Crippen LogP contribution in [0.4, 0.5) is 0 Å². The first kappa shape index (κ1) is 12.4. The summed E-state index contributed by atoms with van der Waals surface area (Å²) in [6.45, 7) is 3.99. The van der Waals surface area contributed by atoms with Crippen LogP contribution in [0.15, 0.2) is 0 Å². The van der Waals surface area contributed by atoms with Gasteiger partial charge >= 0.3 is 5.97 Å². The summed E-state index contributed by atoms with van der Waals surface area (Å²) in [6.07, 6.45) is 0.313. The van der Waals surface area contributed by atoms with Crippen molar-refractivity contribution in [2.45, 2.75) is 26.3 Å². The number of rotatable bonds is 3. The molecular weight excluding hydrogens is 154 g/mol. The SMILES string of the molecule is CCOC(=O)C[C@H](C)N.Cl. The van der Waals surface area contributed by atoms with E-state index in [2.05, 4.69) is 4.74 Å². The summed E-state index contributed by atoms with van der Waals surface area (Å²) in [7, 11) is 0. The molecule has 0 aliphatic rings. The molecule has 62 valence electrons. The van der Waals surface area contributed by atoms with Gasteiger partial charge in [-0.1, -0.05) is 0 Å². The van der Waals surface area contributed by atoms with Gasteiger partial charge in [0.1, 0.15) is 0 Å². The number of carbonyl (C=O) groups is 1. The highest BCUT2D eigenvalue weighted by molar-refractivity contribution is 5.85. The fraction of sp³-hybridized carbons (Fsp3) is 0.833. The minimum absolute atomic E-state index is 0. The second-order valence-corrected chi connectivity index (χ2v) is 1.99. The molecule has 10 heavy (non-hydrogen) atoms. The zero-order valence-electron chi connectivity index (χ0n) is 6.29. The number of carbonyl (C=O) groups excluding carboxylic acids is 1. The fourth-order valence-corrected chi connectivity index (χ4v) is 0.483. The van der Waals surface area contributed by atoms with Crippen LogP contribution < -0.4 is 5.73 Å². The second kappa shape index (κ2) is 6.83. The van der Waals surface area contributed by atoms with E-state index in [1.807, 2.05) is 0 Å². The van der Waals surface area contributed by atoms with Crippen LogP contribution >= 0.6 is 12.4 Å². The first-order valence-corrected chi connectivity index (χ1v) is 3.08. The molecular formula is C6H14ClNO2. The fourth-order valence-electron chi connectivity index (χ4n) is 0.483. The Morgan fingerprint density at radius 1 is 1.70 bits per heavy atom. The summed E-state index contributed by atoms with van der Waals surface area (Å²) in [5.74, 6) is -0.215. The summed E-state index contributed by atoms with van der Waals surface area (Å²) >= 11 is 0. The van der Waals surface area contributed by atoms with Crippen molar-refractivity contribution in [3.05, 3.63) is 0 Å². The first-order chi connectivity index (χ1) is 4.16. The number of hydrogen-bond acceptors (Lipinski definition) is 3. The van der Waals surface area contributed by atoms with E-state index in [1.54, 1.807) is 13.8 Å². The Morgan fingerprint density at radius 3 is 2.50 bits per heavy atom. The van der Waals surface area contributed by atoms with Crippen molar-refractivity contribution in [1.29, 1.82) is 0 Å². The molecule has 0 aromatic heterocycles. The van der Waals surface area contributed by atoms with Crippen molar-refractivity contribution < 1.29 is 9.53 Å². The molecule has 0 bridgehead atoms. The molecule has 0 unspecified atom stereocenters. The summed E-state index contributed by atoms with van der Waals surface area (Å²) in [4.78, 5) is 10.6. The summed E-state index contributed by atoms with van der Waals surface area (Å²) in [5.41, 5.74) is 5.32. The van der Waals surface area contributed by atoms with Gasteiger partial charge in [-0.25, -0.2) is 0 Å². The van der Waals surface area contributed by atoms with Crippen molar-refractivity contribution in [3.8, 4) is 0 Å². The largest absolute Gasteiger partial charge is 0.466 e. The van der Waals surface area contributed by atoms with E-state index in [1.165, 1.54) is 0 Å². The highest BCUT2D eigenvalue weighted by atomic mass is 35.5. The predicted octanol–water partition coefficient (Wildman–Crippen LogP) is 0.709. The van der Waals surface area contributed by atoms with E-state index in [9.17, 15) is 4.79 Å². The second-order valence-electron chi connectivity index (χ2n) is 1.99. The van der Waals surface area contributed by atoms with Gasteiger partial charge in [-0.15, -0.1) is 12.4 Å². The van der Waals surface area contributed by atoms with E-state index in [-0.39, 0.29) is 24.4 Å². The molecule has 0 saturated heterocycles. The molecule has 1 atom stereocenters. The van der Waals surface area contributed by atoms with E-state index >= 15 is 0 Å². The van der Waals surface area contributed by atoms with Crippen molar-refractivity contribution >= 4 is 18.4 Å². The third-order valence-electron chi connectivity index (χ3n) is 0.794. The highest BCUT2D eigenvalue weighted by Crippen LogP contribution is 1.89. The lowest BCUT2D eigenvalue weighted by Crippen LogP contribution is -2.20. The highest BCUT2D eigenvalue weighted by Gasteiger charge is 2.03. The lowest BCUT2D eigenvalue weighted by Gasteiger charge is -2.02. The maximum Gasteiger partial charge on any atom is 0.307 e. The van der Waals surface area contributed by atoms with Gasteiger partial charge in [0.15, 0.2) is 0 Å². The van der Waals surface area contributed by atoms with Crippen molar-refractivity contribution in [2.24, 2.45) is 5.73 Å². The quantitative estimate of drug-likeness (QED) is 0.630. The van der Waals surface area contributed by atoms with Gasteiger partial charge in [-0.2, -0.15) is 0 Å². The summed E-state index contributed by atoms with van der Waals surface area (Å²) in [6, 6.07) is -0.0935. The Kier molecular flexibility index (Phi) is 8.48. The molecule has 0 heterocycles. The van der Waals surface area contributed by atoms with Crippen LogP contribution in [0.5, 0.6) is 0 Å². The van der Waals surface area contributed by atoms with Gasteiger partial charge in [0.25, 0.3) is 0 Å². The Labute approximate surface area is 67.3 Å². The summed E-state index contributed by atoms with van der Waals surface area (Å²) in [5, 5.41) is 0. The van der Waals surface area contributed by atoms with Gasteiger partial charge < -0.3 is 10.5 Å². The Bertz CT molecular complexity index is 95.7. The molecule has 2 N–H and O–H groups in total. The van der Waals surface area contributed by atoms with E-state index in [0.29, 0.717) is 13.0 Å². The van der Waals surface area contributed by atoms with Crippen LogP contribution in [-0.4, -0.2) is 18.6 Å². The minimum atomic E-state index is -0.215. The lowest BCUT2D eigenvalue weighted by molar-refractivity contribution is -0.143. The molecule has 0 amide bonds. The Hall–Kier alpha value is -0.280. The zero-order valence-corrected chi connectivity index (χ0v) is 7.11. The molecule has 0 spiro atoms. The molecule has 0 radical (unpaired) electrons. The number of esters is 1. The molecule has 0 fully saturated rings. The third kappa shape index (κ3) is 7.72. The van der Waals surface area contributed by atoms with Crippen LogP contribution in [0.25, 0.3) is 0 Å². The smallest absolute Gasteiger partial charge is 0.307 e. The molecule has 3 nitrogen and oxygen atoms in total. The molecule has 0 saturated carbocycles. The maximum absolute atomic E-state index is 10.6. The number of ether oxygens (including phenoxy) is 1. The maximum atomic E-state index is 10.6. The minimum Gasteiger partial charge on any atom is -0.466 e. The van der Waals surface area contributed by atoms with Crippen LogP contribution in [0.3, 0.4) is 0 Å². The molecule has 0 aromatic carbocycles. The standard InChI is InChI=1S/C6H13NO2.ClH/c1-3-9-6(8)4-5(2)7;/h5H,3-4,7H2,1-2H3;1H/t5-;/m0./s1. The van der Waals surface area contributed by atoms with Crippen LogP contribution in [0.1, 0.15) is 20.3 Å². The predicted molar refractivity (Wildman–Crippen MR) is 42.1 cm³/mol. The number of hydrogen-bond donors (Lipinski definition) is 1. The molecule has 0 aliphatic heterocycles. The van der Waals surface area contributed by atoms with Gasteiger partial charge in [0, 0.05) is 6.04 Å². The van der Waals surface area contributed by atoms with E-state index in [4.69, 9.17) is 5.73 Å². The van der Waals surface area contributed by atoms with Crippen molar-refractivity contribution in [3.63, 3.8) is 0 Å². The molecule has 0 aromatic rings. The summed E-state index contributed by atoms with van der Waals surface area (Å²) < 4.78 is 4.63.